The Balaban J connectivity index is 2.15. The van der Waals surface area contributed by atoms with Crippen LogP contribution >= 0.6 is 11.3 Å². The second-order valence-corrected chi connectivity index (χ2v) is 6.59. The van der Waals surface area contributed by atoms with Crippen molar-refractivity contribution in [2.24, 2.45) is 0 Å². The number of benzene rings is 1. The molecule has 0 saturated heterocycles. The molecule has 0 unspecified atom stereocenters. The Morgan fingerprint density at radius 1 is 1.32 bits per heavy atom. The molecule has 0 radical (unpaired) electrons. The molecule has 0 bridgehead atoms. The molecule has 2 aromatic rings. The first-order chi connectivity index (χ1) is 10.5. The van der Waals surface area contributed by atoms with Crippen LogP contribution in [0.4, 0.5) is 4.39 Å². The van der Waals surface area contributed by atoms with Crippen LogP contribution in [0.5, 0.6) is 0 Å². The summed E-state index contributed by atoms with van der Waals surface area (Å²) in [7, 11) is 1.77. The lowest BCUT2D eigenvalue weighted by molar-refractivity contribution is -0.132. The van der Waals surface area contributed by atoms with Gasteiger partial charge in [0.2, 0.25) is 5.91 Å². The van der Waals surface area contributed by atoms with Gasteiger partial charge in [0.05, 0.1) is 13.1 Å². The summed E-state index contributed by atoms with van der Waals surface area (Å²) >= 11 is 1.59. The number of likely N-dealkylation sites (N-methyl/N-ethyl adjacent to an activating group) is 1. The van der Waals surface area contributed by atoms with E-state index in [2.05, 4.69) is 5.32 Å². The molecule has 0 fully saturated rings. The van der Waals surface area contributed by atoms with Crippen LogP contribution in [-0.2, 0) is 11.3 Å². The van der Waals surface area contributed by atoms with Gasteiger partial charge < -0.3 is 10.2 Å². The lowest BCUT2D eigenvalue weighted by Crippen LogP contribution is -2.40. The molecule has 22 heavy (non-hydrogen) atoms. The molecule has 0 saturated carbocycles. The van der Waals surface area contributed by atoms with Crippen molar-refractivity contribution in [1.82, 2.24) is 10.2 Å². The number of thiophene rings is 1. The fraction of sp³-hybridized carbons (Fsp3) is 0.353. The molecule has 2 rings (SSSR count). The highest BCUT2D eigenvalue weighted by Gasteiger charge is 2.17. The number of hydrogen-bond donors (Lipinski definition) is 1. The average Bonchev–Trinajstić information content (AvgIpc) is 2.93. The molecule has 0 aliphatic carbocycles. The smallest absolute Gasteiger partial charge is 0.237 e. The van der Waals surface area contributed by atoms with E-state index in [9.17, 15) is 9.18 Å². The Hall–Kier alpha value is -1.72. The van der Waals surface area contributed by atoms with Crippen molar-refractivity contribution in [3.05, 3.63) is 47.1 Å². The van der Waals surface area contributed by atoms with Crippen LogP contribution in [0.2, 0.25) is 0 Å². The van der Waals surface area contributed by atoms with Crippen LogP contribution in [0.25, 0.3) is 10.4 Å². The average molecular weight is 320 g/mol. The highest BCUT2D eigenvalue weighted by molar-refractivity contribution is 7.15. The van der Waals surface area contributed by atoms with Gasteiger partial charge in [-0.25, -0.2) is 4.39 Å². The van der Waals surface area contributed by atoms with E-state index in [1.807, 2.05) is 36.9 Å². The fourth-order valence-electron chi connectivity index (χ4n) is 2.24. The van der Waals surface area contributed by atoms with Gasteiger partial charge in [-0.05, 0) is 50.7 Å². The van der Waals surface area contributed by atoms with E-state index in [1.54, 1.807) is 24.5 Å². The van der Waals surface area contributed by atoms with Crippen molar-refractivity contribution >= 4 is 17.2 Å². The van der Waals surface area contributed by atoms with E-state index in [-0.39, 0.29) is 17.8 Å². The highest BCUT2D eigenvalue weighted by atomic mass is 32.1. The first kappa shape index (κ1) is 16.6. The number of halogens is 1. The molecule has 0 spiro atoms. The Bertz CT molecular complexity index is 639. The predicted molar refractivity (Wildman–Crippen MR) is 89.3 cm³/mol. The molecule has 1 aromatic carbocycles. The molecular weight excluding hydrogens is 299 g/mol. The normalized spacial score (nSPS) is 11.0. The quantitative estimate of drug-likeness (QED) is 0.883. The zero-order chi connectivity index (χ0) is 16.1. The summed E-state index contributed by atoms with van der Waals surface area (Å²) in [4.78, 5) is 16.1. The molecule has 1 aromatic heterocycles. The lowest BCUT2D eigenvalue weighted by Gasteiger charge is -2.26. The summed E-state index contributed by atoms with van der Waals surface area (Å²) in [6.07, 6.45) is 0. The topological polar surface area (TPSA) is 32.3 Å². The summed E-state index contributed by atoms with van der Waals surface area (Å²) in [5, 5.41) is 2.90. The molecular formula is C17H21FN2OS. The van der Waals surface area contributed by atoms with Gasteiger partial charge in [0.15, 0.2) is 0 Å². The lowest BCUT2D eigenvalue weighted by atomic mass is 10.2. The van der Waals surface area contributed by atoms with Gasteiger partial charge in [0, 0.05) is 15.8 Å². The molecule has 1 amide bonds. The van der Waals surface area contributed by atoms with E-state index in [0.29, 0.717) is 13.1 Å². The van der Waals surface area contributed by atoms with Crippen molar-refractivity contribution < 1.29 is 9.18 Å². The van der Waals surface area contributed by atoms with Crippen LogP contribution in [0.3, 0.4) is 0 Å². The van der Waals surface area contributed by atoms with E-state index in [4.69, 9.17) is 0 Å². The molecule has 0 aliphatic rings. The standard InChI is InChI=1S/C17H21FN2OS/c1-12(2)20(17(21)10-19-3)11-15-7-8-16(22-15)13-5-4-6-14(18)9-13/h4-9,12,19H,10-11H2,1-3H3. The monoisotopic (exact) mass is 320 g/mol. The third kappa shape index (κ3) is 4.15. The van der Waals surface area contributed by atoms with E-state index in [1.165, 1.54) is 12.1 Å². The summed E-state index contributed by atoms with van der Waals surface area (Å²) in [5.74, 6) is -0.154. The number of rotatable bonds is 6. The van der Waals surface area contributed by atoms with Crippen molar-refractivity contribution in [2.75, 3.05) is 13.6 Å². The number of amides is 1. The molecule has 0 atom stereocenters. The van der Waals surface area contributed by atoms with Gasteiger partial charge in [-0.3, -0.25) is 4.79 Å². The van der Waals surface area contributed by atoms with Crippen molar-refractivity contribution in [2.45, 2.75) is 26.4 Å². The van der Waals surface area contributed by atoms with Gasteiger partial charge in [0.1, 0.15) is 5.82 Å². The number of carbonyl (C=O) groups is 1. The molecule has 0 aliphatic heterocycles. The molecule has 3 nitrogen and oxygen atoms in total. The number of nitrogens with zero attached hydrogens (tertiary/aromatic N) is 1. The zero-order valence-corrected chi connectivity index (χ0v) is 13.9. The van der Waals surface area contributed by atoms with Gasteiger partial charge in [-0.2, -0.15) is 0 Å². The largest absolute Gasteiger partial charge is 0.334 e. The maximum absolute atomic E-state index is 13.3. The van der Waals surface area contributed by atoms with Crippen LogP contribution in [0, 0.1) is 5.82 Å². The van der Waals surface area contributed by atoms with Gasteiger partial charge >= 0.3 is 0 Å². The number of carbonyl (C=O) groups excluding carboxylic acids is 1. The van der Waals surface area contributed by atoms with E-state index in [0.717, 1.165) is 15.3 Å². The van der Waals surface area contributed by atoms with Crippen LogP contribution in [-0.4, -0.2) is 30.4 Å². The maximum Gasteiger partial charge on any atom is 0.237 e. The third-order valence-electron chi connectivity index (χ3n) is 3.37. The number of nitrogens with one attached hydrogen (secondary N) is 1. The first-order valence-corrected chi connectivity index (χ1v) is 8.11. The predicted octanol–water partition coefficient (Wildman–Crippen LogP) is 3.51. The summed E-state index contributed by atoms with van der Waals surface area (Å²) in [6, 6.07) is 10.7. The van der Waals surface area contributed by atoms with Gasteiger partial charge in [0.25, 0.3) is 0 Å². The highest BCUT2D eigenvalue weighted by Crippen LogP contribution is 2.29. The first-order valence-electron chi connectivity index (χ1n) is 7.30. The number of hydrogen-bond acceptors (Lipinski definition) is 3. The fourth-order valence-corrected chi connectivity index (χ4v) is 3.24. The van der Waals surface area contributed by atoms with E-state index >= 15 is 0 Å². The third-order valence-corrected chi connectivity index (χ3v) is 4.49. The minimum atomic E-state index is -0.236. The van der Waals surface area contributed by atoms with Crippen molar-refractivity contribution in [1.29, 1.82) is 0 Å². The Labute approximate surface area is 134 Å². The summed E-state index contributed by atoms with van der Waals surface area (Å²) < 4.78 is 13.3. The molecule has 1 N–H and O–H groups in total. The SMILES string of the molecule is CNCC(=O)N(Cc1ccc(-c2cccc(F)c2)s1)C(C)C. The second kappa shape index (κ2) is 7.51. The molecule has 5 heteroatoms. The second-order valence-electron chi connectivity index (χ2n) is 5.42. The Kier molecular flexibility index (Phi) is 5.69. The minimum absolute atomic E-state index is 0.0817. The van der Waals surface area contributed by atoms with Crippen LogP contribution < -0.4 is 5.32 Å². The zero-order valence-electron chi connectivity index (χ0n) is 13.1. The van der Waals surface area contributed by atoms with E-state index < -0.39 is 0 Å². The summed E-state index contributed by atoms with van der Waals surface area (Å²) in [5.41, 5.74) is 0.869. The maximum atomic E-state index is 13.3. The van der Waals surface area contributed by atoms with Crippen molar-refractivity contribution in [3.63, 3.8) is 0 Å². The van der Waals surface area contributed by atoms with Crippen molar-refractivity contribution in [3.8, 4) is 10.4 Å². The summed E-state index contributed by atoms with van der Waals surface area (Å²) in [6.45, 7) is 4.93. The Morgan fingerprint density at radius 2 is 2.09 bits per heavy atom. The Morgan fingerprint density at radius 3 is 2.73 bits per heavy atom. The van der Waals surface area contributed by atoms with Gasteiger partial charge in [-0.15, -0.1) is 11.3 Å². The van der Waals surface area contributed by atoms with Crippen LogP contribution in [0.1, 0.15) is 18.7 Å². The molecule has 1 heterocycles. The van der Waals surface area contributed by atoms with Gasteiger partial charge in [-0.1, -0.05) is 12.1 Å². The minimum Gasteiger partial charge on any atom is -0.334 e. The van der Waals surface area contributed by atoms with Crippen LogP contribution in [0.15, 0.2) is 36.4 Å². The molecule has 118 valence electrons.